The second-order valence-corrected chi connectivity index (χ2v) is 6.00. The number of rotatable bonds is 2. The van der Waals surface area contributed by atoms with Gasteiger partial charge in [-0.15, -0.1) is 0 Å². The summed E-state index contributed by atoms with van der Waals surface area (Å²) in [6, 6.07) is 3.09. The summed E-state index contributed by atoms with van der Waals surface area (Å²) in [5, 5.41) is 20.8. The van der Waals surface area contributed by atoms with Crippen molar-refractivity contribution in [3.63, 3.8) is 0 Å². The fourth-order valence-electron chi connectivity index (χ4n) is 2.25. The lowest BCUT2D eigenvalue weighted by molar-refractivity contribution is -0.0432. The van der Waals surface area contributed by atoms with Crippen LogP contribution in [0.1, 0.15) is 17.4 Å². The number of nitrogens with zero attached hydrogens (tertiary/aromatic N) is 1. The summed E-state index contributed by atoms with van der Waals surface area (Å²) in [5.41, 5.74) is 0.387. The highest BCUT2D eigenvalue weighted by Crippen LogP contribution is 2.47. The zero-order chi connectivity index (χ0) is 16.0. The molecule has 0 unspecified atom stereocenters. The van der Waals surface area contributed by atoms with Crippen molar-refractivity contribution in [1.82, 2.24) is 4.98 Å². The van der Waals surface area contributed by atoms with Crippen LogP contribution in [-0.4, -0.2) is 17.0 Å². The number of hydrogen-bond donors (Lipinski definition) is 2. The summed E-state index contributed by atoms with van der Waals surface area (Å²) < 4.78 is 10.8. The van der Waals surface area contributed by atoms with E-state index >= 15 is 0 Å². The molecule has 22 heavy (non-hydrogen) atoms. The molecule has 1 aromatic carbocycles. The SMILES string of the molecule is [O-]N(O)c1c([C@H]2OCOc3c(Cl)cc(Cl)cc32)[nH]c(Cl)c1Cl. The number of fused-ring (bicyclic) bond motifs is 1. The first-order valence-electron chi connectivity index (χ1n) is 5.86. The third-order valence-corrected chi connectivity index (χ3v) is 4.36. The molecule has 0 fully saturated rings. The summed E-state index contributed by atoms with van der Waals surface area (Å²) in [4.78, 5) is 2.71. The summed E-state index contributed by atoms with van der Waals surface area (Å²) in [5.74, 6) is 0.366. The largest absolute Gasteiger partial charge is 0.733 e. The number of hydrogen-bond acceptors (Lipinski definition) is 5. The third kappa shape index (κ3) is 2.61. The molecule has 118 valence electrons. The molecule has 1 aliphatic heterocycles. The van der Waals surface area contributed by atoms with Crippen LogP contribution in [0.4, 0.5) is 5.69 Å². The van der Waals surface area contributed by atoms with Crippen LogP contribution in [0.25, 0.3) is 0 Å². The zero-order valence-corrected chi connectivity index (χ0v) is 13.6. The van der Waals surface area contributed by atoms with Gasteiger partial charge < -0.3 is 24.9 Å². The van der Waals surface area contributed by atoms with Gasteiger partial charge in [0.25, 0.3) is 0 Å². The van der Waals surface area contributed by atoms with Crippen molar-refractivity contribution in [2.75, 3.05) is 12.0 Å². The summed E-state index contributed by atoms with van der Waals surface area (Å²) in [6.07, 6.45) is -0.816. The van der Waals surface area contributed by atoms with Crippen LogP contribution in [-0.2, 0) is 4.74 Å². The van der Waals surface area contributed by atoms with E-state index in [1.54, 1.807) is 6.07 Å². The van der Waals surface area contributed by atoms with E-state index in [4.69, 9.17) is 55.9 Å². The van der Waals surface area contributed by atoms with Gasteiger partial charge in [0.2, 0.25) is 0 Å². The van der Waals surface area contributed by atoms with Gasteiger partial charge >= 0.3 is 0 Å². The highest BCUT2D eigenvalue weighted by atomic mass is 35.5. The van der Waals surface area contributed by atoms with Gasteiger partial charge in [0, 0.05) is 10.6 Å². The smallest absolute Gasteiger partial charge is 0.190 e. The lowest BCUT2D eigenvalue weighted by Gasteiger charge is -2.30. The van der Waals surface area contributed by atoms with Gasteiger partial charge in [-0.05, 0) is 12.1 Å². The van der Waals surface area contributed by atoms with Crippen molar-refractivity contribution >= 4 is 52.1 Å². The van der Waals surface area contributed by atoms with E-state index < -0.39 is 6.10 Å². The Hall–Kier alpha value is -0.860. The topological polar surface area (TPSA) is 80.8 Å². The lowest BCUT2D eigenvalue weighted by Crippen LogP contribution is -2.21. The standard InChI is InChI=1S/C12H7Cl4N2O4/c13-4-1-5-10(6(14)2-4)21-3-22-11(5)8-9(18(19)20)7(15)12(16)17-8/h1-2,11,17,19H,3H2/q-1/t11-/m0/s1. The van der Waals surface area contributed by atoms with Crippen LogP contribution >= 0.6 is 46.4 Å². The Bertz CT molecular complexity index is 734. The molecule has 1 atom stereocenters. The minimum Gasteiger partial charge on any atom is -0.733 e. The van der Waals surface area contributed by atoms with Crippen LogP contribution in [0.3, 0.4) is 0 Å². The second kappa shape index (κ2) is 5.98. The van der Waals surface area contributed by atoms with Crippen molar-refractivity contribution < 1.29 is 14.7 Å². The molecule has 0 saturated carbocycles. The molecule has 0 aliphatic carbocycles. The third-order valence-electron chi connectivity index (χ3n) is 3.11. The summed E-state index contributed by atoms with van der Waals surface area (Å²) >= 11 is 23.9. The molecule has 0 amide bonds. The first-order valence-corrected chi connectivity index (χ1v) is 7.37. The molecule has 0 bridgehead atoms. The van der Waals surface area contributed by atoms with Gasteiger partial charge in [0.05, 0.1) is 16.4 Å². The number of anilines is 1. The normalized spacial score (nSPS) is 17.1. The number of aromatic amines is 1. The molecular weight excluding hydrogens is 378 g/mol. The molecular formula is C12H7Cl4N2O4-. The molecule has 10 heteroatoms. The summed E-state index contributed by atoms with van der Waals surface area (Å²) in [6.45, 7) is -0.114. The number of benzene rings is 1. The average molecular weight is 385 g/mol. The molecule has 1 aliphatic rings. The van der Waals surface area contributed by atoms with Crippen LogP contribution < -0.4 is 9.96 Å². The Kier molecular flexibility index (Phi) is 4.35. The highest BCUT2D eigenvalue weighted by Gasteiger charge is 2.31. The number of aromatic nitrogens is 1. The second-order valence-electron chi connectivity index (χ2n) is 4.40. The van der Waals surface area contributed by atoms with Crippen LogP contribution in [0, 0.1) is 5.21 Å². The van der Waals surface area contributed by atoms with E-state index in [0.29, 0.717) is 21.4 Å². The van der Waals surface area contributed by atoms with Gasteiger partial charge in [-0.25, -0.2) is 0 Å². The maximum Gasteiger partial charge on any atom is 0.190 e. The first kappa shape index (κ1) is 16.0. The minimum absolute atomic E-state index is 0.00802. The Balaban J connectivity index is 2.19. The van der Waals surface area contributed by atoms with E-state index in [9.17, 15) is 10.4 Å². The van der Waals surface area contributed by atoms with E-state index in [0.717, 1.165) is 0 Å². The molecule has 2 aromatic rings. The van der Waals surface area contributed by atoms with Gasteiger partial charge in [0.1, 0.15) is 22.0 Å². The van der Waals surface area contributed by atoms with Gasteiger partial charge in [-0.2, -0.15) is 0 Å². The van der Waals surface area contributed by atoms with E-state index in [1.807, 2.05) is 0 Å². The van der Waals surface area contributed by atoms with Crippen molar-refractivity contribution in [1.29, 1.82) is 0 Å². The Morgan fingerprint density at radius 3 is 2.68 bits per heavy atom. The maximum absolute atomic E-state index is 11.4. The minimum atomic E-state index is -0.816. The maximum atomic E-state index is 11.4. The van der Waals surface area contributed by atoms with E-state index in [1.165, 1.54) is 6.07 Å². The number of H-pyrrole nitrogens is 1. The van der Waals surface area contributed by atoms with Crippen LogP contribution in [0.5, 0.6) is 5.75 Å². The van der Waals surface area contributed by atoms with Crippen molar-refractivity contribution in [3.05, 3.63) is 48.8 Å². The van der Waals surface area contributed by atoms with E-state index in [-0.39, 0.29) is 33.6 Å². The predicted molar refractivity (Wildman–Crippen MR) is 83.3 cm³/mol. The Labute approximate surface area is 144 Å². The Morgan fingerprint density at radius 2 is 2.00 bits per heavy atom. The van der Waals surface area contributed by atoms with Gasteiger partial charge in [0.15, 0.2) is 6.79 Å². The van der Waals surface area contributed by atoms with Crippen molar-refractivity contribution in [2.24, 2.45) is 0 Å². The molecule has 0 radical (unpaired) electrons. The Morgan fingerprint density at radius 1 is 1.27 bits per heavy atom. The molecule has 6 nitrogen and oxygen atoms in total. The van der Waals surface area contributed by atoms with Gasteiger partial charge in [-0.3, -0.25) is 5.21 Å². The van der Waals surface area contributed by atoms with Crippen LogP contribution in [0.15, 0.2) is 12.1 Å². The number of halogens is 4. The van der Waals surface area contributed by atoms with Crippen molar-refractivity contribution in [2.45, 2.75) is 6.10 Å². The summed E-state index contributed by atoms with van der Waals surface area (Å²) in [7, 11) is 0. The quantitative estimate of drug-likeness (QED) is 0.728. The molecule has 3 rings (SSSR count). The highest BCUT2D eigenvalue weighted by molar-refractivity contribution is 6.43. The average Bonchev–Trinajstić information content (AvgIpc) is 2.74. The fourth-order valence-corrected chi connectivity index (χ4v) is 3.22. The number of nitrogens with one attached hydrogen (secondary N) is 1. The fraction of sp³-hybridized carbons (Fsp3) is 0.167. The molecule has 1 aromatic heterocycles. The lowest BCUT2D eigenvalue weighted by atomic mass is 10.0. The van der Waals surface area contributed by atoms with Crippen molar-refractivity contribution in [3.8, 4) is 5.75 Å². The van der Waals surface area contributed by atoms with E-state index in [2.05, 4.69) is 4.98 Å². The molecule has 0 saturated heterocycles. The van der Waals surface area contributed by atoms with Gasteiger partial charge in [-0.1, -0.05) is 46.4 Å². The molecule has 2 N–H and O–H groups in total. The molecule has 2 heterocycles. The first-order chi connectivity index (χ1) is 10.4. The van der Waals surface area contributed by atoms with Crippen LogP contribution in [0.2, 0.25) is 20.2 Å². The molecule has 0 spiro atoms. The zero-order valence-electron chi connectivity index (χ0n) is 10.6. The number of ether oxygens (including phenoxy) is 2. The monoisotopic (exact) mass is 383 g/mol. The predicted octanol–water partition coefficient (Wildman–Crippen LogP) is 4.78.